The lowest BCUT2D eigenvalue weighted by molar-refractivity contribution is -0.122. The Morgan fingerprint density at radius 1 is 1.19 bits per heavy atom. The molecule has 1 saturated heterocycles. The van der Waals surface area contributed by atoms with Crippen molar-refractivity contribution in [3.05, 3.63) is 45.9 Å². The summed E-state index contributed by atoms with van der Waals surface area (Å²) in [6.07, 6.45) is 0. The summed E-state index contributed by atoms with van der Waals surface area (Å²) in [4.78, 5) is 30.7. The standard InChI is InChI=1S/C22H26ClN5O3S/c1-15-18-13-19(32-22(18)28(25-15)17-5-3-16(23)4-6-17)21(30)27-10-8-26(9-11-27)14-20(29)24-7-12-31-2/h3-6,13H,7-12,14H2,1-2H3,(H,24,29). The fourth-order valence-electron chi connectivity index (χ4n) is 3.73. The van der Waals surface area contributed by atoms with Gasteiger partial charge in [-0.15, -0.1) is 11.3 Å². The average Bonchev–Trinajstić information content (AvgIpc) is 3.35. The second-order valence-electron chi connectivity index (χ2n) is 7.71. The average molecular weight is 476 g/mol. The number of thiophene rings is 1. The quantitative estimate of drug-likeness (QED) is 0.531. The van der Waals surface area contributed by atoms with Crippen LogP contribution < -0.4 is 5.32 Å². The van der Waals surface area contributed by atoms with Crippen molar-refractivity contribution in [1.29, 1.82) is 0 Å². The minimum absolute atomic E-state index is 0.0199. The van der Waals surface area contributed by atoms with Gasteiger partial charge in [0, 0.05) is 50.2 Å². The van der Waals surface area contributed by atoms with Gasteiger partial charge in [0.05, 0.1) is 29.4 Å². The largest absolute Gasteiger partial charge is 0.383 e. The number of amides is 2. The normalized spacial score (nSPS) is 14.8. The number of carbonyl (C=O) groups is 2. The molecule has 0 bridgehead atoms. The highest BCUT2D eigenvalue weighted by molar-refractivity contribution is 7.20. The number of rotatable bonds is 7. The summed E-state index contributed by atoms with van der Waals surface area (Å²) in [5.41, 5.74) is 1.79. The molecule has 1 aliphatic heterocycles. The van der Waals surface area contributed by atoms with Gasteiger partial charge in [-0.05, 0) is 37.3 Å². The number of carbonyl (C=O) groups excluding carboxylic acids is 2. The molecule has 1 aliphatic rings. The van der Waals surface area contributed by atoms with Crippen molar-refractivity contribution in [3.8, 4) is 5.69 Å². The van der Waals surface area contributed by atoms with Crippen molar-refractivity contribution in [2.75, 3.05) is 53.0 Å². The van der Waals surface area contributed by atoms with E-state index in [1.54, 1.807) is 7.11 Å². The van der Waals surface area contributed by atoms with E-state index in [9.17, 15) is 9.59 Å². The molecule has 1 fully saturated rings. The lowest BCUT2D eigenvalue weighted by atomic mass is 10.2. The summed E-state index contributed by atoms with van der Waals surface area (Å²) in [7, 11) is 1.61. The maximum atomic E-state index is 13.2. The molecule has 170 valence electrons. The predicted octanol–water partition coefficient (Wildman–Crippen LogP) is 2.57. The van der Waals surface area contributed by atoms with E-state index >= 15 is 0 Å². The Bertz CT molecular complexity index is 1100. The summed E-state index contributed by atoms with van der Waals surface area (Å²) in [5.74, 6) is 0.00557. The van der Waals surface area contributed by atoms with Crippen LogP contribution in [0.4, 0.5) is 0 Å². The number of hydrogen-bond acceptors (Lipinski definition) is 6. The van der Waals surface area contributed by atoms with Gasteiger partial charge in [-0.2, -0.15) is 5.10 Å². The third kappa shape index (κ3) is 4.96. The number of benzene rings is 1. The smallest absolute Gasteiger partial charge is 0.264 e. The zero-order valence-corrected chi connectivity index (χ0v) is 19.7. The summed E-state index contributed by atoms with van der Waals surface area (Å²) in [5, 5.41) is 9.12. The maximum absolute atomic E-state index is 13.2. The molecule has 0 radical (unpaired) electrons. The SMILES string of the molecule is COCCNC(=O)CN1CCN(C(=O)c2cc3c(C)nn(-c4ccc(Cl)cc4)c3s2)CC1. The van der Waals surface area contributed by atoms with Crippen LogP contribution in [0.3, 0.4) is 0 Å². The van der Waals surface area contributed by atoms with E-state index in [1.165, 1.54) is 11.3 Å². The van der Waals surface area contributed by atoms with Crippen LogP contribution in [0.1, 0.15) is 15.4 Å². The molecule has 32 heavy (non-hydrogen) atoms. The van der Waals surface area contributed by atoms with Crippen molar-refractivity contribution in [3.63, 3.8) is 0 Å². The summed E-state index contributed by atoms with van der Waals surface area (Å²) in [6.45, 7) is 5.83. The van der Waals surface area contributed by atoms with Crippen molar-refractivity contribution < 1.29 is 14.3 Å². The third-order valence-corrected chi connectivity index (χ3v) is 6.83. The zero-order valence-electron chi connectivity index (χ0n) is 18.1. The minimum atomic E-state index is -0.0199. The van der Waals surface area contributed by atoms with Crippen LogP contribution in [-0.2, 0) is 9.53 Å². The molecule has 2 amide bonds. The highest BCUT2D eigenvalue weighted by atomic mass is 35.5. The van der Waals surface area contributed by atoms with Gasteiger partial charge in [0.1, 0.15) is 4.83 Å². The van der Waals surface area contributed by atoms with Gasteiger partial charge in [0.15, 0.2) is 0 Å². The lowest BCUT2D eigenvalue weighted by Gasteiger charge is -2.34. The molecule has 0 aliphatic carbocycles. The Balaban J connectivity index is 1.41. The Morgan fingerprint density at radius 2 is 1.91 bits per heavy atom. The van der Waals surface area contributed by atoms with Gasteiger partial charge in [-0.25, -0.2) is 4.68 Å². The number of piperazine rings is 1. The van der Waals surface area contributed by atoms with Gasteiger partial charge in [0.2, 0.25) is 5.91 Å². The van der Waals surface area contributed by atoms with Gasteiger partial charge in [-0.3, -0.25) is 14.5 Å². The highest BCUT2D eigenvalue weighted by Gasteiger charge is 2.25. The number of hydrogen-bond donors (Lipinski definition) is 1. The number of aromatic nitrogens is 2. The van der Waals surface area contributed by atoms with Crippen molar-refractivity contribution in [2.45, 2.75) is 6.92 Å². The van der Waals surface area contributed by atoms with Gasteiger partial charge in [0.25, 0.3) is 5.91 Å². The molecule has 8 nitrogen and oxygen atoms in total. The van der Waals surface area contributed by atoms with E-state index in [0.717, 1.165) is 21.6 Å². The molecular weight excluding hydrogens is 450 g/mol. The second kappa shape index (κ2) is 9.99. The monoisotopic (exact) mass is 475 g/mol. The second-order valence-corrected chi connectivity index (χ2v) is 9.18. The Hall–Kier alpha value is -2.46. The van der Waals surface area contributed by atoms with Crippen molar-refractivity contribution >= 4 is 45.0 Å². The molecule has 3 heterocycles. The molecule has 3 aromatic rings. The van der Waals surface area contributed by atoms with Crippen LogP contribution in [-0.4, -0.2) is 84.4 Å². The van der Waals surface area contributed by atoms with E-state index in [-0.39, 0.29) is 11.8 Å². The van der Waals surface area contributed by atoms with Gasteiger partial charge >= 0.3 is 0 Å². The minimum Gasteiger partial charge on any atom is -0.383 e. The molecular formula is C22H26ClN5O3S. The molecule has 10 heteroatoms. The van der Waals surface area contributed by atoms with E-state index < -0.39 is 0 Å². The first kappa shape index (κ1) is 22.7. The van der Waals surface area contributed by atoms with Crippen molar-refractivity contribution in [1.82, 2.24) is 24.9 Å². The number of nitrogens with one attached hydrogen (secondary N) is 1. The van der Waals surface area contributed by atoms with E-state index in [0.29, 0.717) is 55.8 Å². The number of nitrogens with zero attached hydrogens (tertiary/aromatic N) is 4. The van der Waals surface area contributed by atoms with Gasteiger partial charge < -0.3 is 15.0 Å². The number of halogens is 1. The number of fused-ring (bicyclic) bond motifs is 1. The molecule has 0 spiro atoms. The van der Waals surface area contributed by atoms with E-state index in [4.69, 9.17) is 16.3 Å². The van der Waals surface area contributed by atoms with Crippen LogP contribution in [0.15, 0.2) is 30.3 Å². The topological polar surface area (TPSA) is 79.7 Å². The lowest BCUT2D eigenvalue weighted by Crippen LogP contribution is -2.51. The summed E-state index contributed by atoms with van der Waals surface area (Å²) < 4.78 is 6.81. The predicted molar refractivity (Wildman–Crippen MR) is 126 cm³/mol. The fraction of sp³-hybridized carbons (Fsp3) is 0.409. The first-order valence-corrected chi connectivity index (χ1v) is 11.7. The number of ether oxygens (including phenoxy) is 1. The van der Waals surface area contributed by atoms with E-state index in [1.807, 2.05) is 46.8 Å². The van der Waals surface area contributed by atoms with Crippen LogP contribution >= 0.6 is 22.9 Å². The van der Waals surface area contributed by atoms with Crippen LogP contribution in [0.2, 0.25) is 5.02 Å². The Morgan fingerprint density at radius 3 is 2.59 bits per heavy atom. The zero-order chi connectivity index (χ0) is 22.7. The number of aryl methyl sites for hydroxylation is 1. The highest BCUT2D eigenvalue weighted by Crippen LogP contribution is 2.31. The van der Waals surface area contributed by atoms with Crippen LogP contribution in [0, 0.1) is 6.92 Å². The Labute approximate surface area is 195 Å². The fourth-order valence-corrected chi connectivity index (χ4v) is 5.00. The van der Waals surface area contributed by atoms with Crippen LogP contribution in [0.25, 0.3) is 15.9 Å². The molecule has 1 N–H and O–H groups in total. The summed E-state index contributed by atoms with van der Waals surface area (Å²) in [6, 6.07) is 9.43. The molecule has 4 rings (SSSR count). The molecule has 1 aromatic carbocycles. The molecule has 2 aromatic heterocycles. The molecule has 0 saturated carbocycles. The van der Waals surface area contributed by atoms with Crippen molar-refractivity contribution in [2.24, 2.45) is 0 Å². The molecule has 0 atom stereocenters. The van der Waals surface area contributed by atoms with Crippen LogP contribution in [0.5, 0.6) is 0 Å². The van der Waals surface area contributed by atoms with Gasteiger partial charge in [-0.1, -0.05) is 11.6 Å². The van der Waals surface area contributed by atoms with E-state index in [2.05, 4.69) is 15.3 Å². The maximum Gasteiger partial charge on any atom is 0.264 e. The third-order valence-electron chi connectivity index (χ3n) is 5.48. The molecule has 0 unspecified atom stereocenters. The summed E-state index contributed by atoms with van der Waals surface area (Å²) >= 11 is 7.47. The first-order chi connectivity index (χ1) is 15.5. The Kier molecular flexibility index (Phi) is 7.10. The first-order valence-electron chi connectivity index (χ1n) is 10.5. The number of methoxy groups -OCH3 is 1.